The summed E-state index contributed by atoms with van der Waals surface area (Å²) in [6.07, 6.45) is -1.55. The Morgan fingerprint density at radius 3 is 2.60 bits per heavy atom. The molecule has 0 saturated heterocycles. The van der Waals surface area contributed by atoms with Crippen molar-refractivity contribution in [1.82, 2.24) is 5.32 Å². The van der Waals surface area contributed by atoms with Crippen LogP contribution in [-0.2, 0) is 0 Å². The number of aryl methyl sites for hydroxylation is 1. The third-order valence-electron chi connectivity index (χ3n) is 2.78. The van der Waals surface area contributed by atoms with Gasteiger partial charge in [0.25, 0.3) is 12.3 Å². The van der Waals surface area contributed by atoms with Gasteiger partial charge in [-0.25, -0.2) is 13.6 Å². The van der Waals surface area contributed by atoms with Crippen LogP contribution in [0.5, 0.6) is 0 Å². The molecule has 2 N–H and O–H groups in total. The predicted octanol–water partition coefficient (Wildman–Crippen LogP) is 3.08. The number of nitrogens with one attached hydrogen (secondary N) is 1. The Kier molecular flexibility index (Phi) is 4.99. The molecule has 1 aromatic rings. The van der Waals surface area contributed by atoms with Gasteiger partial charge in [-0.2, -0.15) is 0 Å². The molecule has 1 rings (SSSR count). The molecule has 0 aromatic carbocycles. The van der Waals surface area contributed by atoms with Gasteiger partial charge >= 0.3 is 5.97 Å². The Bertz CT molecular complexity index is 542. The largest absolute Gasteiger partial charge is 0.477 e. The zero-order chi connectivity index (χ0) is 15.5. The Labute approximate surface area is 119 Å². The molecule has 1 unspecified atom stereocenters. The number of amides is 1. The summed E-state index contributed by atoms with van der Waals surface area (Å²) in [5.41, 5.74) is -1.30. The summed E-state index contributed by atoms with van der Waals surface area (Å²) >= 11 is 0.764. The minimum atomic E-state index is -2.76. The van der Waals surface area contributed by atoms with Crippen LogP contribution in [-0.4, -0.2) is 28.9 Å². The molecule has 0 aliphatic carbocycles. The maximum atomic E-state index is 13.0. The maximum Gasteiger partial charge on any atom is 0.346 e. The van der Waals surface area contributed by atoms with Gasteiger partial charge in [-0.15, -0.1) is 17.9 Å². The quantitative estimate of drug-likeness (QED) is 0.794. The molecule has 0 spiro atoms. The fourth-order valence-electron chi connectivity index (χ4n) is 1.62. The van der Waals surface area contributed by atoms with Crippen molar-refractivity contribution in [2.24, 2.45) is 0 Å². The molecule has 0 saturated carbocycles. The highest BCUT2D eigenvalue weighted by molar-refractivity contribution is 7.16. The first-order valence-corrected chi connectivity index (χ1v) is 6.58. The normalized spacial score (nSPS) is 13.8. The standard InChI is InChI=1S/C13H15F2NO3S/c1-4-5-13(3,12(14)15)16-10(17)8-6-7(2)9(20-8)11(18)19/h4,6,12H,1,5H2,2-3H3,(H,16,17)(H,18,19). The van der Waals surface area contributed by atoms with E-state index in [1.807, 2.05) is 0 Å². The van der Waals surface area contributed by atoms with E-state index in [-0.39, 0.29) is 16.2 Å². The highest BCUT2D eigenvalue weighted by Gasteiger charge is 2.36. The van der Waals surface area contributed by atoms with Crippen LogP contribution in [0.15, 0.2) is 18.7 Å². The summed E-state index contributed by atoms with van der Waals surface area (Å²) in [6, 6.07) is 1.38. The molecule has 1 aromatic heterocycles. The van der Waals surface area contributed by atoms with Crippen molar-refractivity contribution in [3.05, 3.63) is 34.0 Å². The second-order valence-corrected chi connectivity index (χ2v) is 5.65. The first kappa shape index (κ1) is 16.3. The number of thiophene rings is 1. The van der Waals surface area contributed by atoms with Crippen LogP contribution in [0.3, 0.4) is 0 Å². The highest BCUT2D eigenvalue weighted by Crippen LogP contribution is 2.25. The second-order valence-electron chi connectivity index (χ2n) is 4.59. The molecular formula is C13H15F2NO3S. The number of rotatable bonds is 6. The number of hydrogen-bond acceptors (Lipinski definition) is 3. The van der Waals surface area contributed by atoms with E-state index in [2.05, 4.69) is 11.9 Å². The monoisotopic (exact) mass is 303 g/mol. The van der Waals surface area contributed by atoms with Crippen LogP contribution in [0.4, 0.5) is 8.78 Å². The predicted molar refractivity (Wildman–Crippen MR) is 72.7 cm³/mol. The van der Waals surface area contributed by atoms with E-state index in [9.17, 15) is 18.4 Å². The molecule has 0 radical (unpaired) electrons. The van der Waals surface area contributed by atoms with Gasteiger partial charge in [0.15, 0.2) is 0 Å². The van der Waals surface area contributed by atoms with Crippen molar-refractivity contribution in [2.45, 2.75) is 32.2 Å². The summed E-state index contributed by atoms with van der Waals surface area (Å²) in [5, 5.41) is 11.2. The van der Waals surface area contributed by atoms with Crippen LogP contribution < -0.4 is 5.32 Å². The highest BCUT2D eigenvalue weighted by atomic mass is 32.1. The number of halogens is 2. The number of aromatic carboxylic acids is 1. The third kappa shape index (κ3) is 3.41. The van der Waals surface area contributed by atoms with Gasteiger partial charge in [0.05, 0.1) is 4.88 Å². The lowest BCUT2D eigenvalue weighted by Gasteiger charge is -2.28. The van der Waals surface area contributed by atoms with Crippen LogP contribution >= 0.6 is 11.3 Å². The molecule has 1 atom stereocenters. The van der Waals surface area contributed by atoms with Crippen molar-refractivity contribution in [3.8, 4) is 0 Å². The minimum absolute atomic E-state index is 0.0256. The number of carbonyl (C=O) groups is 2. The first-order chi connectivity index (χ1) is 9.21. The Hall–Kier alpha value is -1.76. The summed E-state index contributed by atoms with van der Waals surface area (Å²) in [6.45, 7) is 6.16. The van der Waals surface area contributed by atoms with Crippen molar-refractivity contribution < 1.29 is 23.5 Å². The number of carbonyl (C=O) groups excluding carboxylic acids is 1. The van der Waals surface area contributed by atoms with Gasteiger partial charge in [-0.1, -0.05) is 6.08 Å². The van der Waals surface area contributed by atoms with E-state index in [4.69, 9.17) is 5.11 Å². The lowest BCUT2D eigenvalue weighted by Crippen LogP contribution is -2.51. The lowest BCUT2D eigenvalue weighted by molar-refractivity contribution is 0.0377. The van der Waals surface area contributed by atoms with Gasteiger partial charge in [0.1, 0.15) is 10.4 Å². The van der Waals surface area contributed by atoms with Crippen LogP contribution in [0, 0.1) is 6.92 Å². The van der Waals surface area contributed by atoms with Crippen LogP contribution in [0.1, 0.15) is 38.3 Å². The second kappa shape index (κ2) is 6.13. The van der Waals surface area contributed by atoms with Gasteiger partial charge in [-0.05, 0) is 31.9 Å². The smallest absolute Gasteiger partial charge is 0.346 e. The summed E-state index contributed by atoms with van der Waals surface area (Å²) in [5.74, 6) is -1.86. The van der Waals surface area contributed by atoms with E-state index in [0.29, 0.717) is 5.56 Å². The zero-order valence-corrected chi connectivity index (χ0v) is 11.9. The van der Waals surface area contributed by atoms with E-state index in [1.54, 1.807) is 6.92 Å². The molecule has 4 nitrogen and oxygen atoms in total. The average Bonchev–Trinajstić information content (AvgIpc) is 2.71. The molecule has 1 heterocycles. The minimum Gasteiger partial charge on any atom is -0.477 e. The van der Waals surface area contributed by atoms with Crippen molar-refractivity contribution in [2.75, 3.05) is 0 Å². The molecule has 0 fully saturated rings. The topological polar surface area (TPSA) is 66.4 Å². The number of hydrogen-bond donors (Lipinski definition) is 2. The summed E-state index contributed by atoms with van der Waals surface area (Å²) < 4.78 is 26.0. The fourth-order valence-corrected chi connectivity index (χ4v) is 2.53. The Morgan fingerprint density at radius 2 is 2.20 bits per heavy atom. The SMILES string of the molecule is C=CCC(C)(NC(=O)c1cc(C)c(C(=O)O)s1)C(F)F. The van der Waals surface area contributed by atoms with Crippen molar-refractivity contribution in [1.29, 1.82) is 0 Å². The van der Waals surface area contributed by atoms with Gasteiger partial charge in [0, 0.05) is 0 Å². The zero-order valence-electron chi connectivity index (χ0n) is 11.1. The number of carboxylic acids is 1. The van der Waals surface area contributed by atoms with E-state index < -0.39 is 23.8 Å². The number of alkyl halides is 2. The van der Waals surface area contributed by atoms with E-state index in [0.717, 1.165) is 11.3 Å². The van der Waals surface area contributed by atoms with Crippen molar-refractivity contribution in [3.63, 3.8) is 0 Å². The summed E-state index contributed by atoms with van der Waals surface area (Å²) in [7, 11) is 0. The first-order valence-electron chi connectivity index (χ1n) is 5.76. The van der Waals surface area contributed by atoms with Gasteiger partial charge < -0.3 is 10.4 Å². The van der Waals surface area contributed by atoms with Gasteiger partial charge in [-0.3, -0.25) is 4.79 Å². The molecule has 0 aliphatic heterocycles. The molecule has 7 heteroatoms. The van der Waals surface area contributed by atoms with Crippen LogP contribution in [0.2, 0.25) is 0 Å². The Morgan fingerprint density at radius 1 is 1.60 bits per heavy atom. The van der Waals surface area contributed by atoms with Crippen molar-refractivity contribution >= 4 is 23.2 Å². The maximum absolute atomic E-state index is 13.0. The lowest BCUT2D eigenvalue weighted by atomic mass is 9.98. The third-order valence-corrected chi connectivity index (χ3v) is 4.01. The molecule has 0 aliphatic rings. The van der Waals surface area contributed by atoms with E-state index >= 15 is 0 Å². The molecule has 1 amide bonds. The number of carboxylic acid groups (broad SMARTS) is 1. The fraction of sp³-hybridized carbons (Fsp3) is 0.385. The van der Waals surface area contributed by atoms with Crippen LogP contribution in [0.25, 0.3) is 0 Å². The van der Waals surface area contributed by atoms with Gasteiger partial charge in [0.2, 0.25) is 0 Å². The molecule has 110 valence electrons. The average molecular weight is 303 g/mol. The molecular weight excluding hydrogens is 288 g/mol. The summed E-state index contributed by atoms with van der Waals surface area (Å²) in [4.78, 5) is 23.0. The molecule has 20 heavy (non-hydrogen) atoms. The Balaban J connectivity index is 2.98. The van der Waals surface area contributed by atoms with E-state index in [1.165, 1.54) is 19.1 Å². The molecule has 0 bridgehead atoms.